The molecule has 0 radical (unpaired) electrons. The lowest BCUT2D eigenvalue weighted by molar-refractivity contribution is -0.119. The highest BCUT2D eigenvalue weighted by Gasteiger charge is 2.28. The molecule has 1 aromatic heterocycles. The highest BCUT2D eigenvalue weighted by molar-refractivity contribution is 7.99. The Morgan fingerprint density at radius 1 is 1.39 bits per heavy atom. The number of carbonyl (C=O) groups is 1. The molecule has 1 aliphatic rings. The molecule has 6 nitrogen and oxygen atoms in total. The van der Waals surface area contributed by atoms with E-state index in [1.807, 2.05) is 22.9 Å². The molecule has 1 aliphatic carbocycles. The molecule has 0 aliphatic heterocycles. The van der Waals surface area contributed by atoms with Crippen LogP contribution in [0.2, 0.25) is 0 Å². The third kappa shape index (κ3) is 4.31. The maximum absolute atomic E-state index is 12.3. The summed E-state index contributed by atoms with van der Waals surface area (Å²) < 4.78 is 1.83. The molecule has 1 N–H and O–H groups in total. The van der Waals surface area contributed by atoms with Gasteiger partial charge in [-0.3, -0.25) is 4.79 Å². The first-order valence-corrected chi connectivity index (χ1v) is 9.01. The van der Waals surface area contributed by atoms with E-state index in [4.69, 9.17) is 0 Å². The number of tetrazole rings is 1. The Kier molecular flexibility index (Phi) is 5.27. The van der Waals surface area contributed by atoms with E-state index in [0.29, 0.717) is 11.8 Å². The third-order valence-corrected chi connectivity index (χ3v) is 4.74. The van der Waals surface area contributed by atoms with Gasteiger partial charge in [-0.05, 0) is 35.3 Å². The summed E-state index contributed by atoms with van der Waals surface area (Å²) in [7, 11) is 0. The van der Waals surface area contributed by atoms with E-state index < -0.39 is 0 Å². The molecule has 23 heavy (non-hydrogen) atoms. The minimum Gasteiger partial charge on any atom is -0.349 e. The van der Waals surface area contributed by atoms with Gasteiger partial charge in [-0.15, -0.1) is 5.10 Å². The highest BCUT2D eigenvalue weighted by Crippen LogP contribution is 2.36. The molecule has 7 heteroatoms. The Bertz CT molecular complexity index is 641. The molecule has 0 spiro atoms. The van der Waals surface area contributed by atoms with Gasteiger partial charge in [0.1, 0.15) is 0 Å². The molecule has 2 aromatic rings. The fourth-order valence-electron chi connectivity index (χ4n) is 2.49. The van der Waals surface area contributed by atoms with Crippen molar-refractivity contribution in [3.05, 3.63) is 35.9 Å². The fourth-order valence-corrected chi connectivity index (χ4v) is 3.25. The van der Waals surface area contributed by atoms with Crippen molar-refractivity contribution < 1.29 is 4.79 Å². The Labute approximate surface area is 140 Å². The molecule has 1 heterocycles. The molecule has 1 aromatic carbocycles. The van der Waals surface area contributed by atoms with Crippen LogP contribution < -0.4 is 5.32 Å². The van der Waals surface area contributed by atoms with E-state index in [0.717, 1.165) is 36.4 Å². The van der Waals surface area contributed by atoms with Crippen molar-refractivity contribution in [1.82, 2.24) is 25.5 Å². The van der Waals surface area contributed by atoms with E-state index in [9.17, 15) is 4.79 Å². The predicted molar refractivity (Wildman–Crippen MR) is 89.0 cm³/mol. The molecule has 1 amide bonds. The summed E-state index contributed by atoms with van der Waals surface area (Å²) in [5.41, 5.74) is 1.15. The van der Waals surface area contributed by atoms with E-state index in [2.05, 4.69) is 39.9 Å². The Morgan fingerprint density at radius 3 is 2.87 bits per heavy atom. The molecule has 1 saturated carbocycles. The summed E-state index contributed by atoms with van der Waals surface area (Å²) in [5.74, 6) is 0.350. The van der Waals surface area contributed by atoms with Crippen LogP contribution in [0.15, 0.2) is 35.5 Å². The van der Waals surface area contributed by atoms with Crippen LogP contribution in [0.5, 0.6) is 0 Å². The zero-order valence-electron chi connectivity index (χ0n) is 13.2. The second-order valence-corrected chi connectivity index (χ2v) is 6.69. The van der Waals surface area contributed by atoms with Crippen LogP contribution >= 0.6 is 11.8 Å². The van der Waals surface area contributed by atoms with Crippen molar-refractivity contribution in [2.45, 2.75) is 49.8 Å². The molecular formula is C16H21N5OS. The fraction of sp³-hybridized carbons (Fsp3) is 0.500. The van der Waals surface area contributed by atoms with Gasteiger partial charge in [-0.2, -0.15) is 0 Å². The normalized spacial score (nSPS) is 15.3. The number of rotatable bonds is 8. The molecule has 1 fully saturated rings. The van der Waals surface area contributed by atoms with Gasteiger partial charge in [0.2, 0.25) is 11.1 Å². The summed E-state index contributed by atoms with van der Waals surface area (Å²) in [6, 6.07) is 10.6. The summed E-state index contributed by atoms with van der Waals surface area (Å²) in [4.78, 5) is 12.3. The monoisotopic (exact) mass is 331 g/mol. The topological polar surface area (TPSA) is 72.7 Å². The van der Waals surface area contributed by atoms with Crippen molar-refractivity contribution in [2.75, 3.05) is 5.75 Å². The lowest BCUT2D eigenvalue weighted by Crippen LogP contribution is -2.30. The Hall–Kier alpha value is -1.89. The average molecular weight is 331 g/mol. The van der Waals surface area contributed by atoms with Gasteiger partial charge in [0.25, 0.3) is 0 Å². The summed E-state index contributed by atoms with van der Waals surface area (Å²) in [6.45, 7) is 2.13. The minimum absolute atomic E-state index is 0.0163. The number of nitrogens with zero attached hydrogens (tertiary/aromatic N) is 4. The number of hydrogen-bond acceptors (Lipinski definition) is 5. The van der Waals surface area contributed by atoms with Crippen molar-refractivity contribution in [3.63, 3.8) is 0 Å². The van der Waals surface area contributed by atoms with Crippen LogP contribution in [0.4, 0.5) is 0 Å². The van der Waals surface area contributed by atoms with Crippen molar-refractivity contribution in [1.29, 1.82) is 0 Å². The van der Waals surface area contributed by atoms with E-state index in [1.54, 1.807) is 0 Å². The summed E-state index contributed by atoms with van der Waals surface area (Å²) in [5, 5.41) is 15.6. The Morgan fingerprint density at radius 2 is 2.17 bits per heavy atom. The lowest BCUT2D eigenvalue weighted by atomic mass is 10.0. The first kappa shape index (κ1) is 16.0. The van der Waals surface area contributed by atoms with Crippen molar-refractivity contribution in [3.8, 4) is 0 Å². The van der Waals surface area contributed by atoms with E-state index >= 15 is 0 Å². The van der Waals surface area contributed by atoms with Gasteiger partial charge in [-0.25, -0.2) is 4.68 Å². The summed E-state index contributed by atoms with van der Waals surface area (Å²) >= 11 is 1.40. The number of nitrogens with one attached hydrogen (secondary N) is 1. The van der Waals surface area contributed by atoms with E-state index in [-0.39, 0.29) is 11.9 Å². The number of benzene rings is 1. The number of carbonyl (C=O) groups excluding carboxylic acids is 1. The SMILES string of the molecule is CCC[C@H](NC(=O)CSc1nnnn1C1CC1)c1ccccc1. The first-order chi connectivity index (χ1) is 11.3. The molecule has 3 rings (SSSR count). The number of thioether (sulfide) groups is 1. The van der Waals surface area contributed by atoms with Gasteiger partial charge in [0.15, 0.2) is 0 Å². The summed E-state index contributed by atoms with van der Waals surface area (Å²) in [6.07, 6.45) is 4.20. The maximum Gasteiger partial charge on any atom is 0.230 e. The number of amides is 1. The van der Waals surface area contributed by atoms with Gasteiger partial charge in [0, 0.05) is 0 Å². The molecule has 1 atom stereocenters. The molecule has 0 bridgehead atoms. The number of aromatic nitrogens is 4. The zero-order valence-corrected chi connectivity index (χ0v) is 14.0. The van der Waals surface area contributed by atoms with E-state index in [1.165, 1.54) is 11.8 Å². The van der Waals surface area contributed by atoms with Crippen LogP contribution in [-0.2, 0) is 4.79 Å². The second-order valence-electron chi connectivity index (χ2n) is 5.75. The molecular weight excluding hydrogens is 310 g/mol. The standard InChI is InChI=1S/C16H21N5OS/c1-2-6-14(12-7-4-3-5-8-12)17-15(22)11-23-16-18-19-20-21(16)13-9-10-13/h3-5,7-8,13-14H,2,6,9-11H2,1H3,(H,17,22)/t14-/m0/s1. The highest BCUT2D eigenvalue weighted by atomic mass is 32.2. The van der Waals surface area contributed by atoms with Crippen LogP contribution in [0.1, 0.15) is 50.3 Å². The lowest BCUT2D eigenvalue weighted by Gasteiger charge is -2.18. The molecule has 0 unspecified atom stereocenters. The van der Waals surface area contributed by atoms with Gasteiger partial charge in [-0.1, -0.05) is 55.4 Å². The van der Waals surface area contributed by atoms with Crippen molar-refractivity contribution in [2.24, 2.45) is 0 Å². The minimum atomic E-state index is 0.0163. The smallest absolute Gasteiger partial charge is 0.230 e. The molecule has 0 saturated heterocycles. The largest absolute Gasteiger partial charge is 0.349 e. The average Bonchev–Trinajstić information content (AvgIpc) is 3.31. The second kappa shape index (κ2) is 7.59. The van der Waals surface area contributed by atoms with Crippen LogP contribution in [-0.4, -0.2) is 31.9 Å². The van der Waals surface area contributed by atoms with Crippen LogP contribution in [0.3, 0.4) is 0 Å². The predicted octanol–water partition coefficient (Wildman–Crippen LogP) is 2.76. The Balaban J connectivity index is 1.55. The quantitative estimate of drug-likeness (QED) is 0.753. The van der Waals surface area contributed by atoms with Gasteiger partial charge < -0.3 is 5.32 Å². The number of hydrogen-bond donors (Lipinski definition) is 1. The zero-order chi connectivity index (χ0) is 16.1. The van der Waals surface area contributed by atoms with Crippen LogP contribution in [0.25, 0.3) is 0 Å². The van der Waals surface area contributed by atoms with Crippen LogP contribution in [0, 0.1) is 0 Å². The first-order valence-electron chi connectivity index (χ1n) is 8.03. The third-order valence-electron chi connectivity index (χ3n) is 3.80. The maximum atomic E-state index is 12.3. The van der Waals surface area contributed by atoms with Gasteiger partial charge >= 0.3 is 0 Å². The van der Waals surface area contributed by atoms with Gasteiger partial charge in [0.05, 0.1) is 17.8 Å². The van der Waals surface area contributed by atoms with Crippen molar-refractivity contribution >= 4 is 17.7 Å². The molecule has 122 valence electrons.